The molecule has 0 saturated carbocycles. The van der Waals surface area contributed by atoms with Gasteiger partial charge in [0.05, 0.1) is 28.1 Å². The number of nitrogens with one attached hydrogen (secondary N) is 1. The second-order valence-electron chi connectivity index (χ2n) is 9.74. The van der Waals surface area contributed by atoms with Crippen molar-refractivity contribution in [1.29, 1.82) is 0 Å². The van der Waals surface area contributed by atoms with Gasteiger partial charge in [-0.05, 0) is 30.9 Å². The highest BCUT2D eigenvalue weighted by Gasteiger charge is 2.46. The third-order valence-corrected chi connectivity index (χ3v) is 7.90. The first-order valence-electron chi connectivity index (χ1n) is 12.0. The summed E-state index contributed by atoms with van der Waals surface area (Å²) in [7, 11) is 1.90. The third-order valence-electron chi connectivity index (χ3n) is 6.92. The van der Waals surface area contributed by atoms with Gasteiger partial charge >= 0.3 is 0 Å². The quantitative estimate of drug-likeness (QED) is 0.609. The van der Waals surface area contributed by atoms with Crippen molar-refractivity contribution in [2.24, 2.45) is 11.8 Å². The standard InChI is InChI=1S/C26H34N4O4S/c1-15(2)22(26-29(5)16(3)13-34-26)25(33)30-12-20(31)10-21(30)24(32)27-11-18-6-8-19(9-7-18)23-17(4)28-14-35-23/h6-9,13-15,20-22,26,31H,10-12H2,1-5H3,(H,27,32)/t20-,21+,22+,26?/m1/s1. The van der Waals surface area contributed by atoms with Crippen molar-refractivity contribution in [2.75, 3.05) is 13.6 Å². The highest BCUT2D eigenvalue weighted by atomic mass is 32.1. The number of aryl methyl sites for hydroxylation is 1. The lowest BCUT2D eigenvalue weighted by Gasteiger charge is -2.35. The summed E-state index contributed by atoms with van der Waals surface area (Å²) in [5, 5.41) is 13.3. The number of amides is 2. The van der Waals surface area contributed by atoms with E-state index in [0.717, 1.165) is 27.4 Å². The second-order valence-corrected chi connectivity index (χ2v) is 10.6. The number of carbonyl (C=O) groups excluding carboxylic acids is 2. The fourth-order valence-corrected chi connectivity index (χ4v) is 5.57. The van der Waals surface area contributed by atoms with E-state index in [9.17, 15) is 14.7 Å². The Morgan fingerprint density at radius 1 is 1.26 bits per heavy atom. The molecule has 1 unspecified atom stereocenters. The summed E-state index contributed by atoms with van der Waals surface area (Å²) in [5.74, 6) is -0.885. The van der Waals surface area contributed by atoms with Crippen LogP contribution in [0.5, 0.6) is 0 Å². The average molecular weight is 499 g/mol. The molecule has 2 N–H and O–H groups in total. The van der Waals surface area contributed by atoms with Crippen molar-refractivity contribution in [3.8, 4) is 10.4 Å². The van der Waals surface area contributed by atoms with Crippen LogP contribution in [0.1, 0.15) is 38.4 Å². The number of hydrogen-bond acceptors (Lipinski definition) is 7. The Labute approximate surface area is 210 Å². The van der Waals surface area contributed by atoms with E-state index >= 15 is 0 Å². The summed E-state index contributed by atoms with van der Waals surface area (Å²) < 4.78 is 5.80. The number of aliphatic hydroxyl groups excluding tert-OH is 1. The van der Waals surface area contributed by atoms with Crippen LogP contribution in [-0.4, -0.2) is 63.7 Å². The van der Waals surface area contributed by atoms with Crippen LogP contribution in [0.15, 0.2) is 41.7 Å². The van der Waals surface area contributed by atoms with Crippen LogP contribution < -0.4 is 5.32 Å². The molecular formula is C26H34N4O4S. The Balaban J connectivity index is 1.42. The van der Waals surface area contributed by atoms with Crippen molar-refractivity contribution in [3.63, 3.8) is 0 Å². The smallest absolute Gasteiger partial charge is 0.243 e. The molecule has 0 aliphatic carbocycles. The molecule has 8 nitrogen and oxygen atoms in total. The Morgan fingerprint density at radius 2 is 1.97 bits per heavy atom. The first-order valence-corrected chi connectivity index (χ1v) is 12.9. The molecule has 9 heteroatoms. The summed E-state index contributed by atoms with van der Waals surface area (Å²) in [6.07, 6.45) is 0.735. The van der Waals surface area contributed by atoms with Crippen molar-refractivity contribution < 1.29 is 19.4 Å². The van der Waals surface area contributed by atoms with Crippen molar-refractivity contribution >= 4 is 23.2 Å². The van der Waals surface area contributed by atoms with Crippen molar-refractivity contribution in [2.45, 2.75) is 59.0 Å². The number of nitrogens with zero attached hydrogens (tertiary/aromatic N) is 3. The van der Waals surface area contributed by atoms with Gasteiger partial charge < -0.3 is 25.0 Å². The number of carbonyl (C=O) groups is 2. The summed E-state index contributed by atoms with van der Waals surface area (Å²) >= 11 is 1.60. The summed E-state index contributed by atoms with van der Waals surface area (Å²) in [6, 6.07) is 7.31. The number of aliphatic hydroxyl groups is 1. The number of benzene rings is 1. The van der Waals surface area contributed by atoms with E-state index in [2.05, 4.69) is 10.3 Å². The molecule has 35 heavy (non-hydrogen) atoms. The first kappa shape index (κ1) is 25.2. The minimum Gasteiger partial charge on any atom is -0.475 e. The van der Waals surface area contributed by atoms with Gasteiger partial charge in [0.2, 0.25) is 11.8 Å². The Kier molecular flexibility index (Phi) is 7.47. The molecule has 0 radical (unpaired) electrons. The van der Waals surface area contributed by atoms with E-state index in [1.807, 2.05) is 69.4 Å². The van der Waals surface area contributed by atoms with Gasteiger partial charge in [0.15, 0.2) is 6.23 Å². The lowest BCUT2D eigenvalue weighted by Crippen LogP contribution is -2.52. The Morgan fingerprint density at radius 3 is 2.54 bits per heavy atom. The molecule has 1 aromatic heterocycles. The van der Waals surface area contributed by atoms with Crippen LogP contribution in [0, 0.1) is 18.8 Å². The van der Waals surface area contributed by atoms with Crippen LogP contribution in [0.2, 0.25) is 0 Å². The van der Waals surface area contributed by atoms with Gasteiger partial charge in [0.25, 0.3) is 0 Å². The number of ether oxygens (including phenoxy) is 1. The average Bonchev–Trinajstić information content (AvgIpc) is 3.52. The molecule has 4 atom stereocenters. The van der Waals surface area contributed by atoms with Crippen LogP contribution in [0.4, 0.5) is 0 Å². The van der Waals surface area contributed by atoms with E-state index in [1.54, 1.807) is 17.6 Å². The molecule has 2 aromatic rings. The van der Waals surface area contributed by atoms with E-state index in [1.165, 1.54) is 4.90 Å². The van der Waals surface area contributed by atoms with Gasteiger partial charge in [-0.2, -0.15) is 0 Å². The highest BCUT2D eigenvalue weighted by molar-refractivity contribution is 7.13. The van der Waals surface area contributed by atoms with Gasteiger partial charge in [-0.15, -0.1) is 11.3 Å². The minimum absolute atomic E-state index is 0.00333. The fourth-order valence-electron chi connectivity index (χ4n) is 4.76. The second kappa shape index (κ2) is 10.4. The maximum atomic E-state index is 13.6. The molecule has 2 amide bonds. The van der Waals surface area contributed by atoms with Crippen molar-refractivity contribution in [1.82, 2.24) is 20.1 Å². The zero-order valence-electron chi connectivity index (χ0n) is 20.9. The molecule has 2 aliphatic heterocycles. The zero-order valence-corrected chi connectivity index (χ0v) is 21.7. The number of allylic oxidation sites excluding steroid dienone is 1. The molecule has 0 bridgehead atoms. The van der Waals surface area contributed by atoms with Gasteiger partial charge in [-0.1, -0.05) is 38.1 Å². The minimum atomic E-state index is -0.730. The fraction of sp³-hybridized carbons (Fsp3) is 0.500. The van der Waals surface area contributed by atoms with Gasteiger partial charge in [0.1, 0.15) is 12.3 Å². The van der Waals surface area contributed by atoms with Crippen LogP contribution in [0.3, 0.4) is 0 Å². The summed E-state index contributed by atoms with van der Waals surface area (Å²) in [5.41, 5.74) is 5.84. The van der Waals surface area contributed by atoms with Gasteiger partial charge in [0, 0.05) is 32.3 Å². The molecule has 2 aliphatic rings. The highest BCUT2D eigenvalue weighted by Crippen LogP contribution is 2.32. The maximum absolute atomic E-state index is 13.6. The molecule has 0 spiro atoms. The predicted molar refractivity (Wildman–Crippen MR) is 135 cm³/mol. The summed E-state index contributed by atoms with van der Waals surface area (Å²) in [4.78, 5) is 35.7. The zero-order chi connectivity index (χ0) is 25.3. The van der Waals surface area contributed by atoms with Gasteiger partial charge in [-0.3, -0.25) is 9.59 Å². The lowest BCUT2D eigenvalue weighted by molar-refractivity contribution is -0.149. The lowest BCUT2D eigenvalue weighted by atomic mass is 9.91. The van der Waals surface area contributed by atoms with E-state index < -0.39 is 24.3 Å². The monoisotopic (exact) mass is 498 g/mol. The number of rotatable bonds is 7. The number of thiazole rings is 1. The number of likely N-dealkylation sites (tertiary alicyclic amines) is 1. The maximum Gasteiger partial charge on any atom is 0.243 e. The van der Waals surface area contributed by atoms with E-state index in [-0.39, 0.29) is 30.7 Å². The topological polar surface area (TPSA) is 95.0 Å². The van der Waals surface area contributed by atoms with E-state index in [0.29, 0.717) is 6.54 Å². The summed E-state index contributed by atoms with van der Waals surface area (Å²) in [6.45, 7) is 8.37. The van der Waals surface area contributed by atoms with Crippen LogP contribution >= 0.6 is 11.3 Å². The SMILES string of the molecule is CC1=COC([C@H](C(=O)N2C[C@H](O)C[C@H]2C(=O)NCc2ccc(-c3scnc3C)cc2)C(C)C)N1C. The molecule has 4 rings (SSSR count). The van der Waals surface area contributed by atoms with Gasteiger partial charge in [-0.25, -0.2) is 4.98 Å². The van der Waals surface area contributed by atoms with Crippen LogP contribution in [-0.2, 0) is 20.9 Å². The Bertz CT molecular complexity index is 1100. The van der Waals surface area contributed by atoms with E-state index in [4.69, 9.17) is 4.74 Å². The number of hydrogen-bond donors (Lipinski definition) is 2. The Hall–Kier alpha value is -2.91. The predicted octanol–water partition coefficient (Wildman–Crippen LogP) is 3.12. The number of β-amino-alcohol motifs (C(OH)–C–C–N with tert-alkyl or cyclic N) is 1. The van der Waals surface area contributed by atoms with Crippen molar-refractivity contribution in [3.05, 3.63) is 53.0 Å². The molecular weight excluding hydrogens is 464 g/mol. The first-order chi connectivity index (χ1) is 16.7. The van der Waals surface area contributed by atoms with Crippen LogP contribution in [0.25, 0.3) is 10.4 Å². The molecule has 1 aromatic carbocycles. The molecule has 3 heterocycles. The normalized spacial score (nSPS) is 22.8. The largest absolute Gasteiger partial charge is 0.475 e. The molecule has 188 valence electrons. The third kappa shape index (κ3) is 5.21. The molecule has 1 fully saturated rings. The molecule has 1 saturated heterocycles. The number of aromatic nitrogens is 1.